The first-order valence-corrected chi connectivity index (χ1v) is 18.5. The largest absolute Gasteiger partial charge is 0.618 e. The first-order chi connectivity index (χ1) is 25.8. The van der Waals surface area contributed by atoms with Crippen molar-refractivity contribution in [2.45, 2.75) is 56.1 Å². The molecule has 0 unspecified atom stereocenters. The van der Waals surface area contributed by atoms with Crippen molar-refractivity contribution in [1.29, 1.82) is 0 Å². The molecular weight excluding hydrogens is 691 g/mol. The number of aliphatic hydroxyl groups is 1. The van der Waals surface area contributed by atoms with Gasteiger partial charge < -0.3 is 35.2 Å². The number of nitrogens with zero attached hydrogens (tertiary/aromatic N) is 1. The van der Waals surface area contributed by atoms with Crippen LogP contribution in [-0.2, 0) is 38.6 Å². The average Bonchev–Trinajstić information content (AvgIpc) is 3.20. The normalized spacial score (nSPS) is 18.8. The Labute approximate surface area is 313 Å². The van der Waals surface area contributed by atoms with Crippen LogP contribution in [0.2, 0.25) is 0 Å². The summed E-state index contributed by atoms with van der Waals surface area (Å²) in [7, 11) is 1.30. The van der Waals surface area contributed by atoms with Gasteiger partial charge in [0.1, 0.15) is 6.04 Å². The molecule has 2 amide bonds. The van der Waals surface area contributed by atoms with Gasteiger partial charge in [0, 0.05) is 42.3 Å². The number of thioether (sulfide) groups is 1. The Hall–Kier alpha value is -5.20. The number of hydrogen-bond acceptors (Lipinski definition) is 8. The van der Waals surface area contributed by atoms with Gasteiger partial charge in [-0.2, -0.15) is 4.73 Å². The molecule has 5 atom stereocenters. The molecule has 0 spiro atoms. The summed E-state index contributed by atoms with van der Waals surface area (Å²) in [6.45, 7) is 2.30. The molecule has 10 nitrogen and oxygen atoms in total. The van der Waals surface area contributed by atoms with Gasteiger partial charge in [-0.3, -0.25) is 0 Å². The summed E-state index contributed by atoms with van der Waals surface area (Å²) in [5.41, 5.74) is 6.31. The van der Waals surface area contributed by atoms with Gasteiger partial charge in [-0.1, -0.05) is 110 Å². The van der Waals surface area contributed by atoms with Crippen molar-refractivity contribution >= 4 is 23.8 Å². The molecule has 1 saturated heterocycles. The van der Waals surface area contributed by atoms with E-state index in [2.05, 4.69) is 17.6 Å². The number of esters is 1. The van der Waals surface area contributed by atoms with E-state index in [0.29, 0.717) is 17.2 Å². The minimum atomic E-state index is -0.831. The minimum Gasteiger partial charge on any atom is -0.618 e. The summed E-state index contributed by atoms with van der Waals surface area (Å²) in [6, 6.07) is 37.1. The zero-order valence-corrected chi connectivity index (χ0v) is 30.4. The molecule has 4 aromatic carbocycles. The van der Waals surface area contributed by atoms with Crippen molar-refractivity contribution in [2.75, 3.05) is 12.9 Å². The van der Waals surface area contributed by atoms with Crippen molar-refractivity contribution in [2.24, 2.45) is 5.92 Å². The van der Waals surface area contributed by atoms with Crippen LogP contribution in [0.25, 0.3) is 11.1 Å². The third-order valence-corrected chi connectivity index (χ3v) is 10.4. The van der Waals surface area contributed by atoms with Gasteiger partial charge in [0.05, 0.1) is 25.9 Å². The highest BCUT2D eigenvalue weighted by Gasteiger charge is 2.39. The molecule has 1 aliphatic heterocycles. The number of rotatable bonds is 13. The Morgan fingerprint density at radius 3 is 2.30 bits per heavy atom. The number of ether oxygens (including phenoxy) is 3. The van der Waals surface area contributed by atoms with Crippen LogP contribution in [0.5, 0.6) is 0 Å². The highest BCUT2D eigenvalue weighted by molar-refractivity contribution is 7.99. The molecule has 5 aromatic rings. The second-order valence-electron chi connectivity index (χ2n) is 12.9. The second-order valence-corrected chi connectivity index (χ2v) is 14.0. The summed E-state index contributed by atoms with van der Waals surface area (Å²) in [5, 5.41) is 28.2. The molecule has 0 bridgehead atoms. The Morgan fingerprint density at radius 2 is 1.57 bits per heavy atom. The number of pyridine rings is 1. The SMILES string of the molecule is COC(=O)[C@H](Cc1ccccc1)NC(=O)NCc1cccc(-c2cccc([C@H]3O[C@@H](CSc4cccc[n+]4[O-])[C@@H](C)[C@@H](c4ccc(CO)cc4)O3)c2)c1. The molecule has 2 heterocycles. The van der Waals surface area contributed by atoms with Crippen molar-refractivity contribution in [3.05, 3.63) is 161 Å². The van der Waals surface area contributed by atoms with Crippen LogP contribution in [0.15, 0.2) is 133 Å². The van der Waals surface area contributed by atoms with Gasteiger partial charge in [-0.05, 0) is 51.6 Å². The predicted molar refractivity (Wildman–Crippen MR) is 202 cm³/mol. The zero-order valence-electron chi connectivity index (χ0n) is 29.6. The van der Waals surface area contributed by atoms with Crippen LogP contribution < -0.4 is 15.4 Å². The van der Waals surface area contributed by atoms with E-state index in [0.717, 1.165) is 43.7 Å². The van der Waals surface area contributed by atoms with E-state index >= 15 is 0 Å². The smallest absolute Gasteiger partial charge is 0.328 e. The first-order valence-electron chi connectivity index (χ1n) is 17.5. The van der Waals surface area contributed by atoms with E-state index in [1.165, 1.54) is 25.1 Å². The Balaban J connectivity index is 1.16. The van der Waals surface area contributed by atoms with Crippen molar-refractivity contribution in [3.8, 4) is 11.1 Å². The van der Waals surface area contributed by atoms with Gasteiger partial charge in [0.2, 0.25) is 0 Å². The number of benzene rings is 4. The average molecular weight is 734 g/mol. The number of aliphatic hydroxyl groups excluding tert-OH is 1. The van der Waals surface area contributed by atoms with Gasteiger partial charge in [0.15, 0.2) is 12.5 Å². The first kappa shape index (κ1) is 37.6. The maximum atomic E-state index is 12.9. The van der Waals surface area contributed by atoms with Gasteiger partial charge in [0.25, 0.3) is 5.03 Å². The summed E-state index contributed by atoms with van der Waals surface area (Å²) < 4.78 is 19.1. The van der Waals surface area contributed by atoms with E-state index in [1.807, 2.05) is 109 Å². The summed E-state index contributed by atoms with van der Waals surface area (Å²) in [6.07, 6.45) is 0.588. The molecule has 1 fully saturated rings. The Morgan fingerprint density at radius 1 is 0.849 bits per heavy atom. The lowest BCUT2D eigenvalue weighted by atomic mass is 9.91. The molecule has 1 aliphatic rings. The van der Waals surface area contributed by atoms with E-state index in [4.69, 9.17) is 14.2 Å². The van der Waals surface area contributed by atoms with E-state index in [1.54, 1.807) is 12.1 Å². The van der Waals surface area contributed by atoms with Crippen molar-refractivity contribution in [1.82, 2.24) is 10.6 Å². The quantitative estimate of drug-likeness (QED) is 0.0531. The third-order valence-electron chi connectivity index (χ3n) is 9.25. The molecule has 0 radical (unpaired) electrons. The number of aromatic nitrogens is 1. The monoisotopic (exact) mass is 733 g/mol. The number of methoxy groups -OCH3 is 1. The molecule has 0 saturated carbocycles. The maximum absolute atomic E-state index is 12.9. The molecule has 11 heteroatoms. The summed E-state index contributed by atoms with van der Waals surface area (Å²) in [5.74, 6) is -0.00428. The van der Waals surface area contributed by atoms with E-state index in [-0.39, 0.29) is 31.3 Å². The molecule has 1 aromatic heterocycles. The number of hydrogen-bond donors (Lipinski definition) is 3. The van der Waals surface area contributed by atoms with Crippen LogP contribution >= 0.6 is 11.8 Å². The summed E-state index contributed by atoms with van der Waals surface area (Å²) >= 11 is 1.45. The lowest BCUT2D eigenvalue weighted by Crippen LogP contribution is -2.47. The fourth-order valence-corrected chi connectivity index (χ4v) is 7.38. The number of urea groups is 1. The Bertz CT molecular complexity index is 1980. The number of amides is 2. The van der Waals surface area contributed by atoms with Gasteiger partial charge in [-0.25, -0.2) is 9.59 Å². The highest BCUT2D eigenvalue weighted by atomic mass is 32.2. The lowest BCUT2D eigenvalue weighted by Gasteiger charge is -2.41. The van der Waals surface area contributed by atoms with Crippen molar-refractivity contribution in [3.63, 3.8) is 0 Å². The minimum absolute atomic E-state index is 0.0339. The van der Waals surface area contributed by atoms with Crippen LogP contribution in [0, 0.1) is 11.1 Å². The molecule has 0 aliphatic carbocycles. The van der Waals surface area contributed by atoms with Gasteiger partial charge >= 0.3 is 12.0 Å². The zero-order chi connectivity index (χ0) is 37.2. The summed E-state index contributed by atoms with van der Waals surface area (Å²) in [4.78, 5) is 25.3. The molecule has 3 N–H and O–H groups in total. The van der Waals surface area contributed by atoms with Crippen LogP contribution in [-0.4, -0.2) is 42.1 Å². The molecule has 53 heavy (non-hydrogen) atoms. The van der Waals surface area contributed by atoms with Crippen molar-refractivity contribution < 1.29 is 33.6 Å². The number of carbonyl (C=O) groups excluding carboxylic acids is 2. The molecular formula is C42H43N3O7S. The number of carbonyl (C=O) groups is 2. The van der Waals surface area contributed by atoms with E-state index in [9.17, 15) is 19.9 Å². The third kappa shape index (κ3) is 9.82. The topological polar surface area (TPSA) is 133 Å². The maximum Gasteiger partial charge on any atom is 0.328 e. The second kappa shape index (κ2) is 18.0. The van der Waals surface area contributed by atoms with E-state index < -0.39 is 24.3 Å². The highest BCUT2D eigenvalue weighted by Crippen LogP contribution is 2.43. The number of nitrogens with one attached hydrogen (secondary N) is 2. The predicted octanol–water partition coefficient (Wildman–Crippen LogP) is 6.65. The molecule has 6 rings (SSSR count). The molecule has 274 valence electrons. The standard InChI is InChI=1S/C42H43N3O7S/c1-28-37(27-53-38-16-6-7-21-45(38)49)51-41(52-39(28)32-19-17-30(26-46)18-20-32)35-15-9-14-34(24-35)33-13-8-12-31(22-33)25-43-42(48)44-36(40(47)50-2)23-29-10-4-3-5-11-29/h3-22,24,28,36-37,39,41,46H,23,25-27H2,1-2H3,(H2,43,44,48)/t28-,36+,37+,39+,41+/m1/s1. The lowest BCUT2D eigenvalue weighted by molar-refractivity contribution is -0.645. The Kier molecular flexibility index (Phi) is 12.8. The fourth-order valence-electron chi connectivity index (χ4n) is 6.30. The fraction of sp³-hybridized carbons (Fsp3) is 0.262. The van der Waals surface area contributed by atoms with Crippen LogP contribution in [0.3, 0.4) is 0 Å². The van der Waals surface area contributed by atoms with Crippen LogP contribution in [0.1, 0.15) is 47.1 Å². The van der Waals surface area contributed by atoms with Gasteiger partial charge in [-0.15, -0.1) is 0 Å². The van der Waals surface area contributed by atoms with Crippen LogP contribution in [0.4, 0.5) is 4.79 Å².